The topological polar surface area (TPSA) is 25.8 Å². The quantitative estimate of drug-likeness (QED) is 0.204. The van der Waals surface area contributed by atoms with Crippen molar-refractivity contribution >= 4 is 85.6 Å². The Labute approximate surface area is 227 Å². The molecular weight excluding hydrogens is 492 g/mol. The Hall–Kier alpha value is -4.86. The molecule has 39 heavy (non-hydrogen) atoms. The molecule has 3 heteroatoms. The number of thiophene rings is 1. The van der Waals surface area contributed by atoms with Gasteiger partial charge in [-0.1, -0.05) is 78.9 Å². The van der Waals surface area contributed by atoms with Crippen LogP contribution >= 0.6 is 11.3 Å². The second kappa shape index (κ2) is 7.83. The van der Waals surface area contributed by atoms with Crippen molar-refractivity contribution in [2.24, 2.45) is 0 Å². The lowest BCUT2D eigenvalue weighted by Gasteiger charge is -2.10. The third-order valence-corrected chi connectivity index (χ3v) is 9.20. The lowest BCUT2D eigenvalue weighted by atomic mass is 9.93. The van der Waals surface area contributed by atoms with Crippen molar-refractivity contribution in [1.29, 1.82) is 0 Å². The van der Waals surface area contributed by atoms with Gasteiger partial charge >= 0.3 is 0 Å². The molecule has 9 rings (SSSR count). The molecule has 0 saturated heterocycles. The normalized spacial score (nSPS) is 12.1. The van der Waals surface area contributed by atoms with Crippen LogP contribution in [0, 0.1) is 0 Å². The first-order valence-electron chi connectivity index (χ1n) is 13.2. The molecule has 0 fully saturated rings. The van der Waals surface area contributed by atoms with Crippen molar-refractivity contribution in [2.45, 2.75) is 0 Å². The lowest BCUT2D eigenvalue weighted by molar-refractivity contribution is 1.37. The monoisotopic (exact) mass is 512 g/mol. The summed E-state index contributed by atoms with van der Waals surface area (Å²) >= 11 is 1.87. The van der Waals surface area contributed by atoms with Crippen LogP contribution in [0.1, 0.15) is 0 Å². The minimum Gasteiger partial charge on any atom is -0.254 e. The summed E-state index contributed by atoms with van der Waals surface area (Å²) in [6.07, 6.45) is 1.84. The van der Waals surface area contributed by atoms with Crippen LogP contribution in [-0.4, -0.2) is 9.97 Å². The summed E-state index contributed by atoms with van der Waals surface area (Å²) in [5, 5.41) is 12.7. The molecule has 2 nitrogen and oxygen atoms in total. The van der Waals surface area contributed by atoms with Gasteiger partial charge in [-0.15, -0.1) is 11.3 Å². The summed E-state index contributed by atoms with van der Waals surface area (Å²) in [5.74, 6) is 0. The molecule has 0 N–H and O–H groups in total. The van der Waals surface area contributed by atoms with Crippen molar-refractivity contribution in [3.8, 4) is 11.3 Å². The number of aromatic nitrogens is 2. The minimum absolute atomic E-state index is 0.949. The molecule has 0 saturated carbocycles. The van der Waals surface area contributed by atoms with E-state index in [-0.39, 0.29) is 0 Å². The van der Waals surface area contributed by atoms with Crippen molar-refractivity contribution in [3.63, 3.8) is 0 Å². The van der Waals surface area contributed by atoms with Gasteiger partial charge in [-0.05, 0) is 68.7 Å². The Bertz CT molecular complexity index is 2450. The van der Waals surface area contributed by atoms with Crippen molar-refractivity contribution in [1.82, 2.24) is 9.97 Å². The Morgan fingerprint density at radius 3 is 1.85 bits per heavy atom. The molecular formula is C36H20N2S. The van der Waals surface area contributed by atoms with Gasteiger partial charge in [0.15, 0.2) is 0 Å². The standard InChI is InChI=1S/C36H20N2S/c1-3-9-26-24(7-1)25-8-2-4-10-27(25)29-20-34-31(19-28(26)29)30-18-23(14-16-33(30)39-34)32-15-13-22-12-11-21-6-5-17-37-35(21)36(22)38-32/h1-20H. The van der Waals surface area contributed by atoms with Crippen LogP contribution < -0.4 is 0 Å². The van der Waals surface area contributed by atoms with E-state index in [0.717, 1.165) is 33.1 Å². The first-order chi connectivity index (χ1) is 19.3. The zero-order valence-electron chi connectivity index (χ0n) is 20.8. The number of hydrogen-bond acceptors (Lipinski definition) is 3. The van der Waals surface area contributed by atoms with Gasteiger partial charge in [-0.3, -0.25) is 4.98 Å². The molecule has 0 spiro atoms. The number of rotatable bonds is 1. The van der Waals surface area contributed by atoms with E-state index in [1.54, 1.807) is 0 Å². The van der Waals surface area contributed by atoms with Gasteiger partial charge in [-0.2, -0.15) is 0 Å². The third kappa shape index (κ3) is 3.02. The smallest absolute Gasteiger partial charge is 0.0972 e. The van der Waals surface area contributed by atoms with Gasteiger partial charge in [0.2, 0.25) is 0 Å². The zero-order valence-corrected chi connectivity index (χ0v) is 21.7. The summed E-state index contributed by atoms with van der Waals surface area (Å²) < 4.78 is 2.61. The molecule has 0 bridgehead atoms. The molecule has 0 radical (unpaired) electrons. The average Bonchev–Trinajstić information content (AvgIpc) is 3.37. The SMILES string of the molecule is c1cnc2c(c1)ccc1ccc(-c3ccc4sc5cc6c7ccccc7c7ccccc7c6cc5c4c3)nc12. The van der Waals surface area contributed by atoms with E-state index in [1.165, 1.54) is 52.5 Å². The first-order valence-corrected chi connectivity index (χ1v) is 14.0. The number of fused-ring (bicyclic) bond motifs is 12. The number of nitrogens with zero attached hydrogens (tertiary/aromatic N) is 2. The lowest BCUT2D eigenvalue weighted by Crippen LogP contribution is -1.88. The Morgan fingerprint density at radius 1 is 0.436 bits per heavy atom. The fourth-order valence-electron chi connectivity index (χ4n) is 6.22. The summed E-state index contributed by atoms with van der Waals surface area (Å²) in [4.78, 5) is 9.75. The molecule has 9 aromatic rings. The molecule has 0 atom stereocenters. The van der Waals surface area contributed by atoms with Crippen LogP contribution in [0.25, 0.3) is 85.6 Å². The van der Waals surface area contributed by atoms with E-state index in [9.17, 15) is 0 Å². The molecule has 0 unspecified atom stereocenters. The molecule has 6 aromatic carbocycles. The van der Waals surface area contributed by atoms with E-state index in [0.29, 0.717) is 0 Å². The molecule has 3 aromatic heterocycles. The highest BCUT2D eigenvalue weighted by molar-refractivity contribution is 7.25. The summed E-state index contributed by atoms with van der Waals surface area (Å²) in [6.45, 7) is 0. The van der Waals surface area contributed by atoms with Crippen LogP contribution in [0.4, 0.5) is 0 Å². The van der Waals surface area contributed by atoms with Gasteiger partial charge < -0.3 is 0 Å². The summed E-state index contributed by atoms with van der Waals surface area (Å²) in [7, 11) is 0. The van der Waals surface area contributed by atoms with Gasteiger partial charge in [0.25, 0.3) is 0 Å². The molecule has 0 aliphatic rings. The number of benzene rings is 6. The van der Waals surface area contributed by atoms with Crippen molar-refractivity contribution in [2.75, 3.05) is 0 Å². The van der Waals surface area contributed by atoms with Gasteiger partial charge in [0.1, 0.15) is 0 Å². The van der Waals surface area contributed by atoms with Crippen molar-refractivity contribution in [3.05, 3.63) is 121 Å². The Balaban J connectivity index is 1.32. The molecule has 3 heterocycles. The third-order valence-electron chi connectivity index (χ3n) is 8.06. The Kier molecular flexibility index (Phi) is 4.24. The maximum atomic E-state index is 5.11. The van der Waals surface area contributed by atoms with Gasteiger partial charge in [0.05, 0.1) is 16.7 Å². The molecule has 0 aliphatic carbocycles. The fraction of sp³-hybridized carbons (Fsp3) is 0. The van der Waals surface area contributed by atoms with E-state index in [2.05, 4.69) is 114 Å². The molecule has 0 amide bonds. The second-order valence-corrected chi connectivity index (χ2v) is 11.3. The second-order valence-electron chi connectivity index (χ2n) is 10.2. The Morgan fingerprint density at radius 2 is 1.08 bits per heavy atom. The van der Waals surface area contributed by atoms with Crippen LogP contribution in [0.5, 0.6) is 0 Å². The highest BCUT2D eigenvalue weighted by Gasteiger charge is 2.14. The van der Waals surface area contributed by atoms with Crippen LogP contribution in [-0.2, 0) is 0 Å². The highest BCUT2D eigenvalue weighted by Crippen LogP contribution is 2.42. The summed E-state index contributed by atoms with van der Waals surface area (Å²) in [5.41, 5.74) is 3.99. The van der Waals surface area contributed by atoms with E-state index in [4.69, 9.17) is 4.98 Å². The van der Waals surface area contributed by atoms with Gasteiger partial charge in [-0.25, -0.2) is 4.98 Å². The van der Waals surface area contributed by atoms with Crippen molar-refractivity contribution < 1.29 is 0 Å². The fourth-order valence-corrected chi connectivity index (χ4v) is 7.33. The van der Waals surface area contributed by atoms with Crippen LogP contribution in [0.2, 0.25) is 0 Å². The predicted molar refractivity (Wildman–Crippen MR) is 168 cm³/mol. The van der Waals surface area contributed by atoms with Crippen LogP contribution in [0.3, 0.4) is 0 Å². The maximum absolute atomic E-state index is 5.11. The zero-order chi connectivity index (χ0) is 25.5. The maximum Gasteiger partial charge on any atom is 0.0972 e. The predicted octanol–water partition coefficient (Wildman–Crippen LogP) is 10.3. The number of hydrogen-bond donors (Lipinski definition) is 0. The van der Waals surface area contributed by atoms with Crippen LogP contribution in [0.15, 0.2) is 121 Å². The highest BCUT2D eigenvalue weighted by atomic mass is 32.1. The molecule has 180 valence electrons. The average molecular weight is 513 g/mol. The van der Waals surface area contributed by atoms with Gasteiger partial charge in [0, 0.05) is 42.7 Å². The van der Waals surface area contributed by atoms with E-state index < -0.39 is 0 Å². The first kappa shape index (κ1) is 21.1. The summed E-state index contributed by atoms with van der Waals surface area (Å²) in [6, 6.07) is 41.8. The number of pyridine rings is 2. The van der Waals surface area contributed by atoms with E-state index in [1.807, 2.05) is 23.6 Å². The van der Waals surface area contributed by atoms with E-state index >= 15 is 0 Å². The molecule has 0 aliphatic heterocycles. The largest absolute Gasteiger partial charge is 0.254 e. The minimum atomic E-state index is 0.949.